The molecule has 0 radical (unpaired) electrons. The van der Waals surface area contributed by atoms with E-state index in [2.05, 4.69) is 5.32 Å². The molecule has 9 heteroatoms. The summed E-state index contributed by atoms with van der Waals surface area (Å²) in [5, 5.41) is 2.70. The number of amides is 1. The van der Waals surface area contributed by atoms with Crippen molar-refractivity contribution in [2.45, 2.75) is 44.0 Å². The Bertz CT molecular complexity index is 1140. The second kappa shape index (κ2) is 8.32. The van der Waals surface area contributed by atoms with Crippen molar-refractivity contribution in [3.8, 4) is 11.5 Å². The fourth-order valence-corrected chi connectivity index (χ4v) is 5.64. The number of nitrogens with zero attached hydrogens (tertiary/aromatic N) is 1. The van der Waals surface area contributed by atoms with Crippen LogP contribution in [-0.4, -0.2) is 43.8 Å². The van der Waals surface area contributed by atoms with Crippen LogP contribution < -0.4 is 14.8 Å². The van der Waals surface area contributed by atoms with Crippen molar-refractivity contribution < 1.29 is 27.5 Å². The number of Topliss-reactive ketones (excluding diaryl/α,β-unsaturated/α-hetero) is 1. The Kier molecular flexibility index (Phi) is 5.72. The van der Waals surface area contributed by atoms with Crippen LogP contribution in [0, 0.1) is 0 Å². The van der Waals surface area contributed by atoms with Gasteiger partial charge in [0.05, 0.1) is 10.6 Å². The van der Waals surface area contributed by atoms with Gasteiger partial charge >= 0.3 is 0 Å². The molecule has 0 aliphatic carbocycles. The Morgan fingerprint density at radius 2 is 1.84 bits per heavy atom. The highest BCUT2D eigenvalue weighted by Gasteiger charge is 2.31. The number of anilines is 1. The number of ketones is 1. The summed E-state index contributed by atoms with van der Waals surface area (Å²) in [5.41, 5.74) is 0.737. The minimum atomic E-state index is -3.71. The molecular formula is C22H24N2O6S. The first-order valence-electron chi connectivity index (χ1n) is 10.1. The van der Waals surface area contributed by atoms with E-state index in [1.54, 1.807) is 6.07 Å². The number of sulfonamides is 1. The summed E-state index contributed by atoms with van der Waals surface area (Å²) in [6.07, 6.45) is 2.64. The van der Waals surface area contributed by atoms with E-state index in [0.29, 0.717) is 18.0 Å². The van der Waals surface area contributed by atoms with Crippen LogP contribution in [0.1, 0.15) is 53.8 Å². The average molecular weight is 445 g/mol. The maximum absolute atomic E-state index is 13.1. The highest BCUT2D eigenvalue weighted by Crippen LogP contribution is 2.37. The molecule has 1 saturated heterocycles. The predicted octanol–water partition coefficient (Wildman–Crippen LogP) is 3.43. The van der Waals surface area contributed by atoms with E-state index in [0.717, 1.165) is 19.3 Å². The number of ether oxygens (including phenoxy) is 2. The lowest BCUT2D eigenvalue weighted by Gasteiger charge is -2.32. The Balaban J connectivity index is 1.62. The van der Waals surface area contributed by atoms with E-state index in [-0.39, 0.29) is 40.3 Å². The number of carbonyl (C=O) groups excluding carboxylic acids is 2. The van der Waals surface area contributed by atoms with E-state index in [1.165, 1.54) is 41.6 Å². The van der Waals surface area contributed by atoms with Gasteiger partial charge in [0.25, 0.3) is 5.91 Å². The van der Waals surface area contributed by atoms with Gasteiger partial charge in [-0.2, -0.15) is 4.31 Å². The van der Waals surface area contributed by atoms with Crippen LogP contribution in [0.15, 0.2) is 41.3 Å². The van der Waals surface area contributed by atoms with Crippen LogP contribution >= 0.6 is 0 Å². The van der Waals surface area contributed by atoms with Crippen LogP contribution in [0.25, 0.3) is 0 Å². The maximum Gasteiger partial charge on any atom is 0.255 e. The van der Waals surface area contributed by atoms with Crippen LogP contribution in [0.3, 0.4) is 0 Å². The second-order valence-corrected chi connectivity index (χ2v) is 9.64. The lowest BCUT2D eigenvalue weighted by atomic mass is 10.1. The molecule has 1 amide bonds. The lowest BCUT2D eigenvalue weighted by molar-refractivity contribution is 0.101. The Morgan fingerprint density at radius 3 is 2.55 bits per heavy atom. The molecule has 4 rings (SSSR count). The van der Waals surface area contributed by atoms with Crippen molar-refractivity contribution in [2.75, 3.05) is 18.7 Å². The summed E-state index contributed by atoms with van der Waals surface area (Å²) in [6.45, 7) is 3.80. The third-order valence-electron chi connectivity index (χ3n) is 5.59. The molecule has 0 aromatic heterocycles. The number of nitrogens with one attached hydrogen (secondary N) is 1. The summed E-state index contributed by atoms with van der Waals surface area (Å²) in [6, 6.07) is 8.92. The standard InChI is InChI=1S/C22H24N2O6S/c1-14-6-3-4-9-24(14)31(27,28)17-8-5-7-16(10-17)22(26)23-19-12-21-20(29-13-30-21)11-18(19)15(2)25/h5,7-8,10-12,14H,3-4,6,9,13H2,1-2H3,(H,23,26). The van der Waals surface area contributed by atoms with E-state index in [1.807, 2.05) is 6.92 Å². The van der Waals surface area contributed by atoms with Crippen LogP contribution in [0.2, 0.25) is 0 Å². The molecule has 164 valence electrons. The highest BCUT2D eigenvalue weighted by atomic mass is 32.2. The summed E-state index contributed by atoms with van der Waals surface area (Å²) in [7, 11) is -3.71. The predicted molar refractivity (Wildman–Crippen MR) is 114 cm³/mol. The second-order valence-electron chi connectivity index (χ2n) is 7.75. The molecule has 2 aliphatic heterocycles. The van der Waals surface area contributed by atoms with Gasteiger partial charge in [0, 0.05) is 29.8 Å². The third kappa shape index (κ3) is 4.15. The van der Waals surface area contributed by atoms with Crippen LogP contribution in [0.5, 0.6) is 11.5 Å². The first kappa shape index (κ1) is 21.3. The van der Waals surface area contributed by atoms with Crippen LogP contribution in [0.4, 0.5) is 5.69 Å². The Morgan fingerprint density at radius 1 is 1.10 bits per heavy atom. The van der Waals surface area contributed by atoms with Gasteiger partial charge in [0.15, 0.2) is 17.3 Å². The monoisotopic (exact) mass is 444 g/mol. The van der Waals surface area contributed by atoms with Gasteiger partial charge in [-0.3, -0.25) is 9.59 Å². The number of hydrogen-bond donors (Lipinski definition) is 1. The van der Waals surface area contributed by atoms with E-state index < -0.39 is 15.9 Å². The van der Waals surface area contributed by atoms with Crippen molar-refractivity contribution in [1.29, 1.82) is 0 Å². The molecule has 1 unspecified atom stereocenters. The van der Waals surface area contributed by atoms with Crippen molar-refractivity contribution in [2.24, 2.45) is 0 Å². The van der Waals surface area contributed by atoms with Crippen molar-refractivity contribution in [3.63, 3.8) is 0 Å². The van der Waals surface area contributed by atoms with Crippen molar-refractivity contribution in [3.05, 3.63) is 47.5 Å². The normalized spacial score (nSPS) is 18.6. The van der Waals surface area contributed by atoms with Crippen molar-refractivity contribution >= 4 is 27.4 Å². The average Bonchev–Trinajstić information content (AvgIpc) is 3.20. The van der Waals surface area contributed by atoms with Crippen LogP contribution in [-0.2, 0) is 10.0 Å². The lowest BCUT2D eigenvalue weighted by Crippen LogP contribution is -2.41. The fraction of sp³-hybridized carbons (Fsp3) is 0.364. The number of benzene rings is 2. The highest BCUT2D eigenvalue weighted by molar-refractivity contribution is 7.89. The molecule has 0 bridgehead atoms. The van der Waals surface area contributed by atoms with Gasteiger partial charge in [-0.15, -0.1) is 0 Å². The first-order valence-corrected chi connectivity index (χ1v) is 11.6. The van der Waals surface area contributed by atoms with E-state index in [9.17, 15) is 18.0 Å². The molecule has 1 fully saturated rings. The molecule has 8 nitrogen and oxygen atoms in total. The van der Waals surface area contributed by atoms with Gasteiger partial charge in [0.1, 0.15) is 0 Å². The first-order chi connectivity index (χ1) is 14.8. The SMILES string of the molecule is CC(=O)c1cc2c(cc1NC(=O)c1cccc(S(=O)(=O)N3CCCCC3C)c1)OCO2. The quantitative estimate of drug-likeness (QED) is 0.709. The largest absolute Gasteiger partial charge is 0.454 e. The zero-order chi connectivity index (χ0) is 22.2. The number of piperidine rings is 1. The van der Waals surface area contributed by atoms with Gasteiger partial charge < -0.3 is 14.8 Å². The summed E-state index contributed by atoms with van der Waals surface area (Å²) in [5.74, 6) is 0.0942. The summed E-state index contributed by atoms with van der Waals surface area (Å²) in [4.78, 5) is 25.0. The van der Waals surface area contributed by atoms with Crippen molar-refractivity contribution in [1.82, 2.24) is 4.31 Å². The topological polar surface area (TPSA) is 102 Å². The molecule has 2 aromatic rings. The maximum atomic E-state index is 13.1. The minimum Gasteiger partial charge on any atom is -0.454 e. The van der Waals surface area contributed by atoms with Gasteiger partial charge in [0.2, 0.25) is 16.8 Å². The number of rotatable bonds is 5. The zero-order valence-electron chi connectivity index (χ0n) is 17.4. The minimum absolute atomic E-state index is 0.0406. The Hall–Kier alpha value is -2.91. The van der Waals surface area contributed by atoms with Gasteiger partial charge in [-0.25, -0.2) is 8.42 Å². The number of carbonyl (C=O) groups is 2. The molecule has 31 heavy (non-hydrogen) atoms. The molecule has 2 aromatic carbocycles. The fourth-order valence-electron chi connectivity index (χ4n) is 3.89. The van der Waals surface area contributed by atoms with Gasteiger partial charge in [-0.1, -0.05) is 12.5 Å². The van der Waals surface area contributed by atoms with Gasteiger partial charge in [-0.05, 0) is 51.0 Å². The zero-order valence-corrected chi connectivity index (χ0v) is 18.2. The Labute approximate surface area is 181 Å². The summed E-state index contributed by atoms with van der Waals surface area (Å²) < 4.78 is 38.4. The molecule has 1 N–H and O–H groups in total. The molecule has 0 spiro atoms. The summed E-state index contributed by atoms with van der Waals surface area (Å²) >= 11 is 0. The molecular weight excluding hydrogens is 420 g/mol. The molecule has 0 saturated carbocycles. The third-order valence-corrected chi connectivity index (χ3v) is 7.59. The molecule has 2 aliphatic rings. The van der Waals surface area contributed by atoms with E-state index in [4.69, 9.17) is 9.47 Å². The smallest absolute Gasteiger partial charge is 0.255 e. The van der Waals surface area contributed by atoms with E-state index >= 15 is 0 Å². The number of fused-ring (bicyclic) bond motifs is 1. The molecule has 1 atom stereocenters. The molecule has 2 heterocycles. The number of hydrogen-bond acceptors (Lipinski definition) is 6.